The third kappa shape index (κ3) is 3.63. The van der Waals surface area contributed by atoms with Crippen LogP contribution in [0.2, 0.25) is 0 Å². The summed E-state index contributed by atoms with van der Waals surface area (Å²) in [5.74, 6) is 0.944. The van der Waals surface area contributed by atoms with Gasteiger partial charge >= 0.3 is 0 Å². The lowest BCUT2D eigenvalue weighted by atomic mass is 9.87. The molecule has 9 aromatic rings. The molecule has 0 radical (unpaired) electrons. The predicted molar refractivity (Wildman–Crippen MR) is 182 cm³/mol. The molecule has 0 fully saturated rings. The van der Waals surface area contributed by atoms with E-state index in [4.69, 9.17) is 4.98 Å². The van der Waals surface area contributed by atoms with Crippen molar-refractivity contribution in [1.29, 1.82) is 0 Å². The average Bonchev–Trinajstić information content (AvgIpc) is 3.48. The molecule has 43 heavy (non-hydrogen) atoms. The van der Waals surface area contributed by atoms with Gasteiger partial charge in [-0.2, -0.15) is 0 Å². The standard InChI is InChI=1S/C41H26N2/c1-2-13-27(14-3-1)41-42-38-23-10-11-24-39(38)43(41)29-16-12-15-28(25-29)36-26-37-32-19-5-4-17-30(32)31-18-6-8-21-34(31)40(37)35-22-9-7-20-33(35)36/h1-26H. The Bertz CT molecular complexity index is 2500. The second-order valence-electron chi connectivity index (χ2n) is 11.2. The molecule has 0 bridgehead atoms. The van der Waals surface area contributed by atoms with Crippen molar-refractivity contribution in [1.82, 2.24) is 9.55 Å². The number of nitrogens with zero attached hydrogens (tertiary/aromatic N) is 2. The highest BCUT2D eigenvalue weighted by atomic mass is 15.1. The van der Waals surface area contributed by atoms with E-state index in [-0.39, 0.29) is 0 Å². The third-order valence-electron chi connectivity index (χ3n) is 8.76. The SMILES string of the molecule is c1ccc(-c2nc3ccccc3n2-c2cccc(-c3cc4c5ccccc5c5ccccc5c4c4ccccc34)c2)cc1. The Morgan fingerprint density at radius 1 is 0.395 bits per heavy atom. The van der Waals surface area contributed by atoms with Gasteiger partial charge in [0.15, 0.2) is 0 Å². The minimum Gasteiger partial charge on any atom is -0.292 e. The van der Waals surface area contributed by atoms with E-state index in [0.717, 1.165) is 28.1 Å². The van der Waals surface area contributed by atoms with E-state index in [9.17, 15) is 0 Å². The number of aromatic nitrogens is 2. The lowest BCUT2D eigenvalue weighted by molar-refractivity contribution is 1.10. The fourth-order valence-electron chi connectivity index (χ4n) is 6.89. The van der Waals surface area contributed by atoms with Gasteiger partial charge in [0, 0.05) is 11.3 Å². The number of para-hydroxylation sites is 2. The Hall–Kier alpha value is -5.73. The molecule has 0 saturated heterocycles. The highest BCUT2D eigenvalue weighted by molar-refractivity contribution is 6.33. The number of hydrogen-bond donors (Lipinski definition) is 0. The molecule has 0 unspecified atom stereocenters. The molecule has 0 saturated carbocycles. The topological polar surface area (TPSA) is 17.8 Å². The monoisotopic (exact) mass is 546 g/mol. The van der Waals surface area contributed by atoms with Gasteiger partial charge in [0.25, 0.3) is 0 Å². The minimum atomic E-state index is 0.944. The highest BCUT2D eigenvalue weighted by Crippen LogP contribution is 2.43. The predicted octanol–water partition coefficient (Wildman–Crippen LogP) is 11.0. The molecule has 0 aliphatic carbocycles. The van der Waals surface area contributed by atoms with Gasteiger partial charge in [-0.05, 0) is 84.5 Å². The average molecular weight is 547 g/mol. The van der Waals surface area contributed by atoms with Crippen molar-refractivity contribution in [2.45, 2.75) is 0 Å². The molecule has 0 spiro atoms. The van der Waals surface area contributed by atoms with Crippen molar-refractivity contribution in [3.63, 3.8) is 0 Å². The first-order valence-corrected chi connectivity index (χ1v) is 14.7. The van der Waals surface area contributed by atoms with Crippen LogP contribution in [-0.4, -0.2) is 9.55 Å². The van der Waals surface area contributed by atoms with E-state index in [1.807, 2.05) is 0 Å². The summed E-state index contributed by atoms with van der Waals surface area (Å²) in [5, 5.41) is 10.3. The fourth-order valence-corrected chi connectivity index (χ4v) is 6.89. The molecule has 1 heterocycles. The lowest BCUT2D eigenvalue weighted by Gasteiger charge is -2.17. The summed E-state index contributed by atoms with van der Waals surface area (Å²) in [6.07, 6.45) is 0. The Morgan fingerprint density at radius 2 is 0.953 bits per heavy atom. The molecular formula is C41H26N2. The first-order valence-electron chi connectivity index (χ1n) is 14.7. The normalized spacial score (nSPS) is 11.7. The number of imidazole rings is 1. The second-order valence-corrected chi connectivity index (χ2v) is 11.2. The van der Waals surface area contributed by atoms with Gasteiger partial charge in [0.1, 0.15) is 5.82 Å². The first kappa shape index (κ1) is 23.9. The van der Waals surface area contributed by atoms with Crippen LogP contribution < -0.4 is 0 Å². The summed E-state index contributed by atoms with van der Waals surface area (Å²) >= 11 is 0. The molecule has 2 heteroatoms. The number of hydrogen-bond acceptors (Lipinski definition) is 1. The number of rotatable bonds is 3. The Balaban J connectivity index is 1.36. The van der Waals surface area contributed by atoms with Crippen molar-refractivity contribution in [2.24, 2.45) is 0 Å². The van der Waals surface area contributed by atoms with Crippen LogP contribution >= 0.6 is 0 Å². The van der Waals surface area contributed by atoms with Crippen molar-refractivity contribution in [2.75, 3.05) is 0 Å². The molecule has 8 aromatic carbocycles. The van der Waals surface area contributed by atoms with Gasteiger partial charge in [-0.25, -0.2) is 4.98 Å². The summed E-state index contributed by atoms with van der Waals surface area (Å²) in [7, 11) is 0. The van der Waals surface area contributed by atoms with E-state index in [2.05, 4.69) is 162 Å². The van der Waals surface area contributed by atoms with Gasteiger partial charge in [-0.3, -0.25) is 4.57 Å². The van der Waals surface area contributed by atoms with Gasteiger partial charge in [-0.1, -0.05) is 127 Å². The summed E-state index contributed by atoms with van der Waals surface area (Å²) in [6, 6.07) is 56.7. The zero-order valence-electron chi connectivity index (χ0n) is 23.4. The summed E-state index contributed by atoms with van der Waals surface area (Å²) in [5.41, 5.74) is 6.69. The molecule has 0 aliphatic heterocycles. The van der Waals surface area contributed by atoms with Gasteiger partial charge in [0.05, 0.1) is 11.0 Å². The Labute approximate surface area is 249 Å². The fraction of sp³-hybridized carbons (Fsp3) is 0. The number of fused-ring (bicyclic) bond motifs is 9. The molecule has 9 rings (SSSR count). The van der Waals surface area contributed by atoms with Gasteiger partial charge in [0.2, 0.25) is 0 Å². The van der Waals surface area contributed by atoms with E-state index in [0.29, 0.717) is 0 Å². The van der Waals surface area contributed by atoms with Gasteiger partial charge < -0.3 is 0 Å². The zero-order valence-corrected chi connectivity index (χ0v) is 23.4. The van der Waals surface area contributed by atoms with Crippen molar-refractivity contribution < 1.29 is 0 Å². The smallest absolute Gasteiger partial charge is 0.145 e. The van der Waals surface area contributed by atoms with Crippen LogP contribution in [0.5, 0.6) is 0 Å². The summed E-state index contributed by atoms with van der Waals surface area (Å²) in [4.78, 5) is 5.08. The van der Waals surface area contributed by atoms with Crippen LogP contribution in [0.25, 0.3) is 82.3 Å². The Morgan fingerprint density at radius 3 is 1.72 bits per heavy atom. The highest BCUT2D eigenvalue weighted by Gasteiger charge is 2.17. The maximum atomic E-state index is 5.08. The minimum absolute atomic E-state index is 0.944. The molecule has 0 aliphatic rings. The summed E-state index contributed by atoms with van der Waals surface area (Å²) in [6.45, 7) is 0. The van der Waals surface area contributed by atoms with Crippen molar-refractivity contribution in [3.8, 4) is 28.2 Å². The van der Waals surface area contributed by atoms with Crippen LogP contribution in [0.15, 0.2) is 158 Å². The van der Waals surface area contributed by atoms with Crippen LogP contribution in [0.4, 0.5) is 0 Å². The van der Waals surface area contributed by atoms with Crippen molar-refractivity contribution in [3.05, 3.63) is 158 Å². The van der Waals surface area contributed by atoms with Gasteiger partial charge in [-0.15, -0.1) is 0 Å². The largest absolute Gasteiger partial charge is 0.292 e. The molecule has 0 atom stereocenters. The van der Waals surface area contributed by atoms with E-state index in [1.54, 1.807) is 0 Å². The maximum Gasteiger partial charge on any atom is 0.145 e. The van der Waals surface area contributed by atoms with Crippen LogP contribution in [0.3, 0.4) is 0 Å². The van der Waals surface area contributed by atoms with E-state index in [1.165, 1.54) is 54.2 Å². The Kier molecular flexibility index (Phi) is 5.23. The second kappa shape index (κ2) is 9.40. The molecule has 0 N–H and O–H groups in total. The van der Waals surface area contributed by atoms with E-state index < -0.39 is 0 Å². The molecule has 0 amide bonds. The van der Waals surface area contributed by atoms with Crippen LogP contribution in [0.1, 0.15) is 0 Å². The lowest BCUT2D eigenvalue weighted by Crippen LogP contribution is -1.98. The van der Waals surface area contributed by atoms with Crippen molar-refractivity contribution >= 4 is 54.1 Å². The third-order valence-corrected chi connectivity index (χ3v) is 8.76. The zero-order chi connectivity index (χ0) is 28.3. The first-order chi connectivity index (χ1) is 21.3. The quantitative estimate of drug-likeness (QED) is 0.202. The van der Waals surface area contributed by atoms with E-state index >= 15 is 0 Å². The molecule has 200 valence electrons. The molecule has 2 nitrogen and oxygen atoms in total. The number of benzene rings is 8. The van der Waals surface area contributed by atoms with Crippen LogP contribution in [-0.2, 0) is 0 Å². The summed E-state index contributed by atoms with van der Waals surface area (Å²) < 4.78 is 2.29. The van der Waals surface area contributed by atoms with Crippen LogP contribution in [0, 0.1) is 0 Å². The molecule has 1 aromatic heterocycles. The molecular weight excluding hydrogens is 520 g/mol. The maximum absolute atomic E-state index is 5.08.